The maximum absolute atomic E-state index is 11.5. The molecule has 2 rings (SSSR count). The van der Waals surface area contributed by atoms with Crippen LogP contribution >= 0.6 is 0 Å². The lowest BCUT2D eigenvalue weighted by Crippen LogP contribution is -2.11. The first-order valence-corrected chi connectivity index (χ1v) is 4.45. The van der Waals surface area contributed by atoms with E-state index in [0.29, 0.717) is 17.6 Å². The fraction of sp³-hybridized carbons (Fsp3) is 0.700. The number of hydrogen-bond acceptors (Lipinski definition) is 1. The van der Waals surface area contributed by atoms with Crippen molar-refractivity contribution in [2.45, 2.75) is 33.1 Å². The molecule has 0 N–H and O–H groups in total. The summed E-state index contributed by atoms with van der Waals surface area (Å²) in [4.78, 5) is 11.5. The average molecular weight is 150 g/mol. The van der Waals surface area contributed by atoms with Gasteiger partial charge < -0.3 is 0 Å². The summed E-state index contributed by atoms with van der Waals surface area (Å²) in [6.07, 6.45) is 3.74. The number of carbonyl (C=O) groups excluding carboxylic acids is 1. The average Bonchev–Trinajstić information content (AvgIpc) is 2.53. The smallest absolute Gasteiger partial charge is 0.161 e. The van der Waals surface area contributed by atoms with Gasteiger partial charge >= 0.3 is 0 Å². The van der Waals surface area contributed by atoms with Crippen molar-refractivity contribution in [2.75, 3.05) is 0 Å². The van der Waals surface area contributed by atoms with Crippen molar-refractivity contribution >= 4 is 5.78 Å². The zero-order valence-corrected chi connectivity index (χ0v) is 7.18. The molecule has 0 saturated heterocycles. The van der Waals surface area contributed by atoms with Crippen molar-refractivity contribution < 1.29 is 4.79 Å². The Hall–Kier alpha value is -0.590. The molecule has 0 aliphatic heterocycles. The van der Waals surface area contributed by atoms with Gasteiger partial charge in [-0.1, -0.05) is 12.5 Å². The van der Waals surface area contributed by atoms with Crippen LogP contribution in [-0.2, 0) is 4.79 Å². The van der Waals surface area contributed by atoms with Crippen LogP contribution in [0.15, 0.2) is 11.1 Å². The Morgan fingerprint density at radius 2 is 2.18 bits per heavy atom. The summed E-state index contributed by atoms with van der Waals surface area (Å²) in [6, 6.07) is 0. The highest BCUT2D eigenvalue weighted by atomic mass is 16.1. The first kappa shape index (κ1) is 7.08. The van der Waals surface area contributed by atoms with E-state index >= 15 is 0 Å². The standard InChI is InChI=1S/C10H14O/c1-6-8-4-3-5-9(8)7(2)10(6)11/h6,8H,3-5H2,1-2H3/t6-,8+/m0/s1. The van der Waals surface area contributed by atoms with Crippen LogP contribution < -0.4 is 0 Å². The van der Waals surface area contributed by atoms with E-state index in [1.807, 2.05) is 6.92 Å². The molecule has 0 amide bonds. The summed E-state index contributed by atoms with van der Waals surface area (Å²) in [5.41, 5.74) is 2.56. The molecule has 0 aromatic heterocycles. The van der Waals surface area contributed by atoms with E-state index in [0.717, 1.165) is 5.57 Å². The fourth-order valence-corrected chi connectivity index (χ4v) is 2.57. The number of rotatable bonds is 0. The van der Waals surface area contributed by atoms with E-state index in [2.05, 4.69) is 6.92 Å². The van der Waals surface area contributed by atoms with Crippen LogP contribution in [0.3, 0.4) is 0 Å². The largest absolute Gasteiger partial charge is 0.294 e. The monoisotopic (exact) mass is 150 g/mol. The van der Waals surface area contributed by atoms with Gasteiger partial charge in [-0.15, -0.1) is 0 Å². The van der Waals surface area contributed by atoms with E-state index in [4.69, 9.17) is 0 Å². The molecule has 0 unspecified atom stereocenters. The van der Waals surface area contributed by atoms with Crippen molar-refractivity contribution in [3.63, 3.8) is 0 Å². The van der Waals surface area contributed by atoms with E-state index in [1.54, 1.807) is 0 Å². The van der Waals surface area contributed by atoms with Crippen molar-refractivity contribution in [1.82, 2.24) is 0 Å². The molecule has 0 aromatic carbocycles. The summed E-state index contributed by atoms with van der Waals surface area (Å²) in [5.74, 6) is 1.33. The molecule has 1 fully saturated rings. The van der Waals surface area contributed by atoms with Crippen LogP contribution in [0, 0.1) is 11.8 Å². The molecule has 60 valence electrons. The quantitative estimate of drug-likeness (QED) is 0.518. The number of fused-ring (bicyclic) bond motifs is 1. The van der Waals surface area contributed by atoms with Crippen LogP contribution in [0.25, 0.3) is 0 Å². The minimum atomic E-state index is 0.299. The predicted molar refractivity (Wildman–Crippen MR) is 44.2 cm³/mol. The van der Waals surface area contributed by atoms with E-state index in [1.165, 1.54) is 24.8 Å². The first-order valence-electron chi connectivity index (χ1n) is 4.45. The second-order valence-corrected chi connectivity index (χ2v) is 3.80. The molecule has 2 aliphatic carbocycles. The lowest BCUT2D eigenvalue weighted by molar-refractivity contribution is -0.118. The van der Waals surface area contributed by atoms with Gasteiger partial charge in [0.2, 0.25) is 0 Å². The van der Waals surface area contributed by atoms with Crippen molar-refractivity contribution in [3.8, 4) is 0 Å². The highest BCUT2D eigenvalue weighted by Crippen LogP contribution is 2.44. The van der Waals surface area contributed by atoms with Crippen LogP contribution in [-0.4, -0.2) is 5.78 Å². The lowest BCUT2D eigenvalue weighted by Gasteiger charge is -2.08. The van der Waals surface area contributed by atoms with Crippen molar-refractivity contribution in [3.05, 3.63) is 11.1 Å². The highest BCUT2D eigenvalue weighted by Gasteiger charge is 2.38. The summed E-state index contributed by atoms with van der Waals surface area (Å²) < 4.78 is 0. The Balaban J connectivity index is 2.40. The molecular weight excluding hydrogens is 136 g/mol. The maximum atomic E-state index is 11.5. The molecule has 2 atom stereocenters. The summed E-state index contributed by atoms with van der Waals surface area (Å²) >= 11 is 0. The topological polar surface area (TPSA) is 17.1 Å². The minimum absolute atomic E-state index is 0.299. The third-order valence-electron chi connectivity index (χ3n) is 3.28. The maximum Gasteiger partial charge on any atom is 0.161 e. The minimum Gasteiger partial charge on any atom is -0.294 e. The van der Waals surface area contributed by atoms with Gasteiger partial charge in [-0.05, 0) is 37.7 Å². The number of carbonyl (C=O) groups is 1. The molecule has 1 saturated carbocycles. The zero-order valence-electron chi connectivity index (χ0n) is 7.18. The summed E-state index contributed by atoms with van der Waals surface area (Å²) in [6.45, 7) is 4.08. The van der Waals surface area contributed by atoms with Gasteiger partial charge in [-0.2, -0.15) is 0 Å². The Morgan fingerprint density at radius 1 is 1.45 bits per heavy atom. The Morgan fingerprint density at radius 3 is 2.82 bits per heavy atom. The highest BCUT2D eigenvalue weighted by molar-refractivity contribution is 6.00. The molecule has 1 heteroatoms. The predicted octanol–water partition coefficient (Wildman–Crippen LogP) is 2.32. The molecule has 2 aliphatic rings. The third kappa shape index (κ3) is 0.800. The van der Waals surface area contributed by atoms with Crippen LogP contribution in [0.2, 0.25) is 0 Å². The molecular formula is C10H14O. The first-order chi connectivity index (χ1) is 5.22. The Labute approximate surface area is 67.5 Å². The third-order valence-corrected chi connectivity index (χ3v) is 3.28. The van der Waals surface area contributed by atoms with Gasteiger partial charge in [0.25, 0.3) is 0 Å². The molecule has 1 nitrogen and oxygen atoms in total. The van der Waals surface area contributed by atoms with Gasteiger partial charge in [-0.25, -0.2) is 0 Å². The van der Waals surface area contributed by atoms with E-state index < -0.39 is 0 Å². The van der Waals surface area contributed by atoms with Gasteiger partial charge in [0.15, 0.2) is 5.78 Å². The molecule has 0 bridgehead atoms. The van der Waals surface area contributed by atoms with Crippen molar-refractivity contribution in [2.24, 2.45) is 11.8 Å². The lowest BCUT2D eigenvalue weighted by atomic mass is 9.94. The number of allylic oxidation sites excluding steroid dienone is 2. The SMILES string of the molecule is CC1=C2CCC[C@@H]2[C@H](C)C1=O. The second kappa shape index (κ2) is 2.20. The van der Waals surface area contributed by atoms with E-state index in [-0.39, 0.29) is 0 Å². The van der Waals surface area contributed by atoms with Crippen LogP contribution in [0.1, 0.15) is 33.1 Å². The van der Waals surface area contributed by atoms with Gasteiger partial charge in [0.1, 0.15) is 0 Å². The molecule has 0 spiro atoms. The number of ketones is 1. The number of Topliss-reactive ketones (excluding diaryl/α,β-unsaturated/α-hetero) is 1. The van der Waals surface area contributed by atoms with Crippen molar-refractivity contribution in [1.29, 1.82) is 0 Å². The Kier molecular flexibility index (Phi) is 1.41. The summed E-state index contributed by atoms with van der Waals surface area (Å²) in [5, 5.41) is 0. The summed E-state index contributed by atoms with van der Waals surface area (Å²) in [7, 11) is 0. The van der Waals surface area contributed by atoms with Crippen LogP contribution in [0.4, 0.5) is 0 Å². The molecule has 0 radical (unpaired) electrons. The zero-order chi connectivity index (χ0) is 8.01. The normalized spacial score (nSPS) is 36.7. The number of hydrogen-bond donors (Lipinski definition) is 0. The molecule has 0 heterocycles. The van der Waals surface area contributed by atoms with Crippen LogP contribution in [0.5, 0.6) is 0 Å². The molecule has 0 aromatic rings. The Bertz CT molecular complexity index is 237. The van der Waals surface area contributed by atoms with Gasteiger partial charge in [0, 0.05) is 5.92 Å². The second-order valence-electron chi connectivity index (χ2n) is 3.80. The molecule has 11 heavy (non-hydrogen) atoms. The van der Waals surface area contributed by atoms with Gasteiger partial charge in [0.05, 0.1) is 0 Å². The fourth-order valence-electron chi connectivity index (χ4n) is 2.57. The van der Waals surface area contributed by atoms with Gasteiger partial charge in [-0.3, -0.25) is 4.79 Å². The van der Waals surface area contributed by atoms with E-state index in [9.17, 15) is 4.79 Å².